The number of amides is 2. The predicted molar refractivity (Wildman–Crippen MR) is 127 cm³/mol. The fourth-order valence-corrected chi connectivity index (χ4v) is 4.77. The second-order valence-electron chi connectivity index (χ2n) is 7.52. The highest BCUT2D eigenvalue weighted by molar-refractivity contribution is 7.16. The van der Waals surface area contributed by atoms with E-state index in [0.29, 0.717) is 22.9 Å². The summed E-state index contributed by atoms with van der Waals surface area (Å²) < 4.78 is 5.74. The van der Waals surface area contributed by atoms with Crippen LogP contribution in [0.4, 0.5) is 5.00 Å². The van der Waals surface area contributed by atoms with Crippen molar-refractivity contribution in [2.24, 2.45) is 5.10 Å². The number of nitriles is 1. The van der Waals surface area contributed by atoms with Crippen LogP contribution in [-0.4, -0.2) is 18.0 Å². The Morgan fingerprint density at radius 1 is 1.06 bits per heavy atom. The van der Waals surface area contributed by atoms with Crippen LogP contribution in [-0.2, 0) is 29.0 Å². The molecule has 0 aliphatic heterocycles. The van der Waals surface area contributed by atoms with Crippen molar-refractivity contribution in [2.45, 2.75) is 32.3 Å². The Hall–Kier alpha value is -3.96. The molecule has 0 saturated carbocycles. The van der Waals surface area contributed by atoms with Crippen LogP contribution in [0.3, 0.4) is 0 Å². The van der Waals surface area contributed by atoms with E-state index in [1.54, 1.807) is 24.3 Å². The van der Waals surface area contributed by atoms with E-state index in [0.717, 1.165) is 47.3 Å². The summed E-state index contributed by atoms with van der Waals surface area (Å²) in [6.07, 6.45) is 5.27. The average molecular weight is 459 g/mol. The third kappa shape index (κ3) is 5.64. The van der Waals surface area contributed by atoms with E-state index >= 15 is 0 Å². The van der Waals surface area contributed by atoms with Crippen molar-refractivity contribution in [1.29, 1.82) is 5.26 Å². The lowest BCUT2D eigenvalue weighted by atomic mass is 9.96. The normalized spacial score (nSPS) is 12.6. The smallest absolute Gasteiger partial charge is 0.329 e. The average Bonchev–Trinajstić information content (AvgIpc) is 3.21. The molecule has 2 N–H and O–H groups in total. The number of benzene rings is 2. The number of hydrogen-bond donors (Lipinski definition) is 2. The Kier molecular flexibility index (Phi) is 7.12. The zero-order chi connectivity index (χ0) is 23.0. The number of rotatable bonds is 6. The molecule has 0 spiro atoms. The largest absolute Gasteiger partial charge is 0.489 e. The highest BCUT2D eigenvalue weighted by Crippen LogP contribution is 2.37. The molecule has 0 bridgehead atoms. The van der Waals surface area contributed by atoms with Gasteiger partial charge >= 0.3 is 11.8 Å². The molecule has 33 heavy (non-hydrogen) atoms. The maximum atomic E-state index is 12.3. The fourth-order valence-electron chi connectivity index (χ4n) is 3.54. The maximum absolute atomic E-state index is 12.3. The third-order valence-electron chi connectivity index (χ3n) is 5.22. The van der Waals surface area contributed by atoms with E-state index in [9.17, 15) is 14.9 Å². The number of hydrogen-bond acceptors (Lipinski definition) is 6. The molecule has 3 aromatic rings. The van der Waals surface area contributed by atoms with E-state index in [-0.39, 0.29) is 0 Å². The summed E-state index contributed by atoms with van der Waals surface area (Å²) in [6, 6.07) is 19.2. The molecule has 4 rings (SSSR count). The third-order valence-corrected chi connectivity index (χ3v) is 6.43. The zero-order valence-corrected chi connectivity index (χ0v) is 18.7. The molecular weight excluding hydrogens is 436 g/mol. The first-order chi connectivity index (χ1) is 16.1. The number of anilines is 1. The summed E-state index contributed by atoms with van der Waals surface area (Å²) in [7, 11) is 0. The van der Waals surface area contributed by atoms with Crippen LogP contribution in [0, 0.1) is 11.3 Å². The van der Waals surface area contributed by atoms with Gasteiger partial charge in [0.15, 0.2) is 0 Å². The summed E-state index contributed by atoms with van der Waals surface area (Å²) in [5.41, 5.74) is 5.50. The van der Waals surface area contributed by atoms with Gasteiger partial charge in [-0.05, 0) is 66.6 Å². The van der Waals surface area contributed by atoms with Crippen LogP contribution < -0.4 is 15.5 Å². The Labute approximate surface area is 195 Å². The first-order valence-electron chi connectivity index (χ1n) is 10.6. The van der Waals surface area contributed by atoms with Crippen LogP contribution >= 0.6 is 11.3 Å². The standard InChI is InChI=1S/C25H22N4O3S/c26-14-21-20-8-4-5-9-22(20)33-25(21)28-23(30)24(31)29-27-15-17-10-12-19(13-11-17)32-16-18-6-2-1-3-7-18/h1-3,6-7,10-13,15H,4-5,8-9,16H2,(H,28,30)(H,29,31)/b27-15+. The van der Waals surface area contributed by atoms with Gasteiger partial charge in [-0.15, -0.1) is 11.3 Å². The molecular formula is C25H22N4O3S. The molecule has 1 aliphatic rings. The number of nitrogens with one attached hydrogen (secondary N) is 2. The van der Waals surface area contributed by atoms with Gasteiger partial charge < -0.3 is 10.1 Å². The molecule has 166 valence electrons. The maximum Gasteiger partial charge on any atom is 0.329 e. The summed E-state index contributed by atoms with van der Waals surface area (Å²) >= 11 is 1.37. The first kappa shape index (κ1) is 22.2. The number of hydrazone groups is 1. The molecule has 0 unspecified atom stereocenters. The van der Waals surface area contributed by atoms with Crippen LogP contribution in [0.1, 0.15) is 40.0 Å². The van der Waals surface area contributed by atoms with Crippen molar-refractivity contribution in [1.82, 2.24) is 5.43 Å². The zero-order valence-electron chi connectivity index (χ0n) is 17.8. The fraction of sp³-hybridized carbons (Fsp3) is 0.200. The van der Waals surface area contributed by atoms with Gasteiger partial charge in [0.1, 0.15) is 23.4 Å². The van der Waals surface area contributed by atoms with E-state index in [1.165, 1.54) is 17.6 Å². The van der Waals surface area contributed by atoms with Gasteiger partial charge in [0, 0.05) is 4.88 Å². The monoisotopic (exact) mass is 458 g/mol. The lowest BCUT2D eigenvalue weighted by molar-refractivity contribution is -0.136. The van der Waals surface area contributed by atoms with Crippen molar-refractivity contribution in [3.05, 3.63) is 81.7 Å². The highest BCUT2D eigenvalue weighted by Gasteiger charge is 2.23. The minimum absolute atomic E-state index is 0.430. The molecule has 1 heterocycles. The molecule has 2 amide bonds. The van der Waals surface area contributed by atoms with E-state index in [4.69, 9.17) is 4.74 Å². The van der Waals surface area contributed by atoms with Gasteiger partial charge in [-0.3, -0.25) is 9.59 Å². The van der Waals surface area contributed by atoms with Gasteiger partial charge in [-0.1, -0.05) is 30.3 Å². The number of nitrogens with zero attached hydrogens (tertiary/aromatic N) is 2. The van der Waals surface area contributed by atoms with E-state index < -0.39 is 11.8 Å². The molecule has 0 radical (unpaired) electrons. The molecule has 1 aromatic heterocycles. The van der Waals surface area contributed by atoms with Gasteiger partial charge in [0.25, 0.3) is 0 Å². The second kappa shape index (κ2) is 10.6. The van der Waals surface area contributed by atoms with Gasteiger partial charge in [0.05, 0.1) is 11.8 Å². The van der Waals surface area contributed by atoms with Gasteiger partial charge in [-0.2, -0.15) is 10.4 Å². The van der Waals surface area contributed by atoms with Crippen molar-refractivity contribution < 1.29 is 14.3 Å². The number of aryl methyl sites for hydroxylation is 1. The molecule has 0 atom stereocenters. The lowest BCUT2D eigenvalue weighted by Crippen LogP contribution is -2.32. The molecule has 2 aromatic carbocycles. The van der Waals surface area contributed by atoms with Gasteiger partial charge in [0.2, 0.25) is 0 Å². The first-order valence-corrected chi connectivity index (χ1v) is 11.4. The Morgan fingerprint density at radius 3 is 2.58 bits per heavy atom. The highest BCUT2D eigenvalue weighted by atomic mass is 32.1. The number of carbonyl (C=O) groups excluding carboxylic acids is 2. The lowest BCUT2D eigenvalue weighted by Gasteiger charge is -2.09. The number of carbonyl (C=O) groups is 2. The van der Waals surface area contributed by atoms with Crippen LogP contribution in [0.2, 0.25) is 0 Å². The second-order valence-corrected chi connectivity index (χ2v) is 8.63. The molecule has 0 fully saturated rings. The van der Waals surface area contributed by atoms with Crippen molar-refractivity contribution in [3.63, 3.8) is 0 Å². The van der Waals surface area contributed by atoms with Crippen LogP contribution in [0.15, 0.2) is 59.7 Å². The summed E-state index contributed by atoms with van der Waals surface area (Å²) in [4.78, 5) is 25.5. The Bertz CT molecular complexity index is 1210. The number of ether oxygens (including phenoxy) is 1. The number of fused-ring (bicyclic) bond motifs is 1. The molecule has 1 aliphatic carbocycles. The minimum atomic E-state index is -0.899. The van der Waals surface area contributed by atoms with E-state index in [2.05, 4.69) is 21.9 Å². The summed E-state index contributed by atoms with van der Waals surface area (Å²) in [5, 5.41) is 16.3. The number of thiophene rings is 1. The Balaban J connectivity index is 1.28. The van der Waals surface area contributed by atoms with Crippen molar-refractivity contribution in [3.8, 4) is 11.8 Å². The quantitative estimate of drug-likeness (QED) is 0.329. The SMILES string of the molecule is N#Cc1c(NC(=O)C(=O)N/N=C/c2ccc(OCc3ccccc3)cc2)sc2c1CCCC2. The van der Waals surface area contributed by atoms with Crippen molar-refractivity contribution >= 4 is 34.4 Å². The van der Waals surface area contributed by atoms with Crippen LogP contribution in [0.25, 0.3) is 0 Å². The predicted octanol–water partition coefficient (Wildman–Crippen LogP) is 4.17. The topological polar surface area (TPSA) is 104 Å². The molecule has 7 nitrogen and oxygen atoms in total. The summed E-state index contributed by atoms with van der Waals surface area (Å²) in [6.45, 7) is 0.472. The van der Waals surface area contributed by atoms with Crippen LogP contribution in [0.5, 0.6) is 5.75 Å². The summed E-state index contributed by atoms with van der Waals surface area (Å²) in [5.74, 6) is -1.04. The van der Waals surface area contributed by atoms with Crippen molar-refractivity contribution in [2.75, 3.05) is 5.32 Å². The minimum Gasteiger partial charge on any atom is -0.489 e. The van der Waals surface area contributed by atoms with Gasteiger partial charge in [-0.25, -0.2) is 5.43 Å². The molecule has 0 saturated heterocycles. The van der Waals surface area contributed by atoms with E-state index in [1.807, 2.05) is 30.3 Å². The Morgan fingerprint density at radius 2 is 1.82 bits per heavy atom. The molecule has 8 heteroatoms.